The first-order valence-corrected chi connectivity index (χ1v) is 8.98. The maximum Gasteiger partial charge on any atom is 0.221 e. The number of nitrogens with one attached hydrogen (secondary N) is 2. The van der Waals surface area contributed by atoms with Gasteiger partial charge in [-0.3, -0.25) is 4.79 Å². The molecule has 1 rings (SSSR count). The van der Waals surface area contributed by atoms with E-state index in [0.29, 0.717) is 30.8 Å². The number of rotatable bonds is 9. The quantitative estimate of drug-likeness (QED) is 0.733. The summed E-state index contributed by atoms with van der Waals surface area (Å²) in [7, 11) is -3.16. The standard InChI is InChI=1S/C15H24N2O3S/c1-3-10-17-15(18)9-11-16-13-5-7-14(8-6-13)21(19,20)12-4-2/h5-8,16H,3-4,9-12H2,1-2H3,(H,17,18). The molecule has 118 valence electrons. The van der Waals surface area contributed by atoms with E-state index in [0.717, 1.165) is 12.1 Å². The zero-order valence-corrected chi connectivity index (χ0v) is 13.5. The fourth-order valence-corrected chi connectivity index (χ4v) is 3.16. The van der Waals surface area contributed by atoms with Gasteiger partial charge in [0.2, 0.25) is 5.91 Å². The van der Waals surface area contributed by atoms with Crippen LogP contribution in [0.4, 0.5) is 5.69 Å². The molecule has 0 aromatic heterocycles. The number of amides is 1. The molecule has 0 bridgehead atoms. The van der Waals surface area contributed by atoms with E-state index in [1.807, 2.05) is 13.8 Å². The van der Waals surface area contributed by atoms with Crippen molar-refractivity contribution in [2.24, 2.45) is 0 Å². The van der Waals surface area contributed by atoms with Gasteiger partial charge >= 0.3 is 0 Å². The third-order valence-corrected chi connectivity index (χ3v) is 4.88. The molecule has 0 aliphatic carbocycles. The van der Waals surface area contributed by atoms with E-state index < -0.39 is 9.84 Å². The molecule has 0 saturated heterocycles. The predicted molar refractivity (Wildman–Crippen MR) is 85.2 cm³/mol. The van der Waals surface area contributed by atoms with Gasteiger partial charge in [-0.2, -0.15) is 0 Å². The summed E-state index contributed by atoms with van der Waals surface area (Å²) in [6.07, 6.45) is 1.93. The third kappa shape index (κ3) is 6.16. The van der Waals surface area contributed by atoms with Crippen LogP contribution in [0.3, 0.4) is 0 Å². The molecule has 0 spiro atoms. The summed E-state index contributed by atoms with van der Waals surface area (Å²) in [5.74, 6) is 0.184. The van der Waals surface area contributed by atoms with Crippen molar-refractivity contribution in [2.45, 2.75) is 38.0 Å². The second-order valence-electron chi connectivity index (χ2n) is 4.87. The summed E-state index contributed by atoms with van der Waals surface area (Å²) in [5, 5.41) is 5.91. The number of hydrogen-bond donors (Lipinski definition) is 2. The van der Waals surface area contributed by atoms with Gasteiger partial charge in [0.25, 0.3) is 0 Å². The minimum absolute atomic E-state index is 0.0199. The molecule has 0 radical (unpaired) electrons. The van der Waals surface area contributed by atoms with Crippen LogP contribution < -0.4 is 10.6 Å². The van der Waals surface area contributed by atoms with E-state index in [2.05, 4.69) is 10.6 Å². The van der Waals surface area contributed by atoms with Crippen molar-refractivity contribution in [1.82, 2.24) is 5.32 Å². The highest BCUT2D eigenvalue weighted by atomic mass is 32.2. The van der Waals surface area contributed by atoms with Crippen molar-refractivity contribution in [1.29, 1.82) is 0 Å². The molecular formula is C15H24N2O3S. The summed E-state index contributed by atoms with van der Waals surface area (Å²) in [5.41, 5.74) is 0.814. The lowest BCUT2D eigenvalue weighted by molar-refractivity contribution is -0.120. The van der Waals surface area contributed by atoms with Gasteiger partial charge in [0.1, 0.15) is 0 Å². The normalized spacial score (nSPS) is 11.1. The average molecular weight is 312 g/mol. The van der Waals surface area contributed by atoms with Crippen LogP contribution in [0.2, 0.25) is 0 Å². The van der Waals surface area contributed by atoms with Crippen molar-refractivity contribution >= 4 is 21.4 Å². The van der Waals surface area contributed by atoms with Gasteiger partial charge in [-0.25, -0.2) is 8.42 Å². The fourth-order valence-electron chi connectivity index (χ4n) is 1.84. The van der Waals surface area contributed by atoms with Crippen LogP contribution in [0.5, 0.6) is 0 Å². The molecule has 1 aromatic carbocycles. The molecule has 0 saturated carbocycles. The molecule has 5 nitrogen and oxygen atoms in total. The lowest BCUT2D eigenvalue weighted by Gasteiger charge is -2.08. The predicted octanol–water partition coefficient (Wildman–Crippen LogP) is 2.20. The second-order valence-corrected chi connectivity index (χ2v) is 6.98. The number of anilines is 1. The summed E-state index contributed by atoms with van der Waals surface area (Å²) in [6.45, 7) is 5.07. The topological polar surface area (TPSA) is 75.3 Å². The van der Waals surface area contributed by atoms with Gasteiger partial charge in [0.15, 0.2) is 9.84 Å². The van der Waals surface area contributed by atoms with Crippen LogP contribution >= 0.6 is 0 Å². The molecule has 2 N–H and O–H groups in total. The zero-order valence-electron chi connectivity index (χ0n) is 12.7. The molecule has 21 heavy (non-hydrogen) atoms. The van der Waals surface area contributed by atoms with Crippen LogP contribution in [-0.2, 0) is 14.6 Å². The number of sulfone groups is 1. The van der Waals surface area contributed by atoms with E-state index >= 15 is 0 Å². The Morgan fingerprint density at radius 1 is 1.05 bits per heavy atom. The monoisotopic (exact) mass is 312 g/mol. The number of carbonyl (C=O) groups excluding carboxylic acids is 1. The molecular weight excluding hydrogens is 288 g/mol. The minimum atomic E-state index is -3.16. The molecule has 0 aliphatic rings. The minimum Gasteiger partial charge on any atom is -0.385 e. The maximum atomic E-state index is 11.9. The summed E-state index contributed by atoms with van der Waals surface area (Å²) < 4.78 is 23.7. The van der Waals surface area contributed by atoms with E-state index in [4.69, 9.17) is 0 Å². The third-order valence-electron chi connectivity index (χ3n) is 2.94. The van der Waals surface area contributed by atoms with Crippen molar-refractivity contribution in [2.75, 3.05) is 24.2 Å². The van der Waals surface area contributed by atoms with Gasteiger partial charge in [-0.15, -0.1) is 0 Å². The van der Waals surface area contributed by atoms with E-state index in [1.165, 1.54) is 0 Å². The molecule has 0 heterocycles. The molecule has 0 fully saturated rings. The Kier molecular flexibility index (Phi) is 7.22. The smallest absolute Gasteiger partial charge is 0.221 e. The van der Waals surface area contributed by atoms with Crippen molar-refractivity contribution < 1.29 is 13.2 Å². The van der Waals surface area contributed by atoms with Gasteiger partial charge in [0, 0.05) is 25.2 Å². The first kappa shape index (κ1) is 17.5. The fraction of sp³-hybridized carbons (Fsp3) is 0.533. The van der Waals surface area contributed by atoms with E-state index in [1.54, 1.807) is 24.3 Å². The number of benzene rings is 1. The lowest BCUT2D eigenvalue weighted by atomic mass is 10.3. The highest BCUT2D eigenvalue weighted by molar-refractivity contribution is 7.91. The Morgan fingerprint density at radius 3 is 2.29 bits per heavy atom. The first-order valence-electron chi connectivity index (χ1n) is 7.33. The van der Waals surface area contributed by atoms with Crippen molar-refractivity contribution in [3.8, 4) is 0 Å². The Labute approximate surface area is 127 Å². The Balaban J connectivity index is 2.47. The van der Waals surface area contributed by atoms with Crippen LogP contribution in [-0.4, -0.2) is 33.2 Å². The molecule has 1 aromatic rings. The van der Waals surface area contributed by atoms with E-state index in [9.17, 15) is 13.2 Å². The van der Waals surface area contributed by atoms with Gasteiger partial charge in [0.05, 0.1) is 10.6 Å². The molecule has 0 atom stereocenters. The molecule has 0 aliphatic heterocycles. The highest BCUT2D eigenvalue weighted by Crippen LogP contribution is 2.16. The van der Waals surface area contributed by atoms with Crippen LogP contribution in [0.15, 0.2) is 29.2 Å². The Morgan fingerprint density at radius 2 is 1.71 bits per heavy atom. The van der Waals surface area contributed by atoms with Gasteiger partial charge in [-0.05, 0) is 37.1 Å². The SMILES string of the molecule is CCCNC(=O)CCNc1ccc(S(=O)(=O)CCC)cc1. The Hall–Kier alpha value is -1.56. The highest BCUT2D eigenvalue weighted by Gasteiger charge is 2.12. The zero-order chi connectivity index (χ0) is 15.7. The van der Waals surface area contributed by atoms with Crippen LogP contribution in [0.25, 0.3) is 0 Å². The summed E-state index contributed by atoms with van der Waals surface area (Å²) in [4.78, 5) is 11.8. The first-order chi connectivity index (χ1) is 9.99. The van der Waals surface area contributed by atoms with Crippen molar-refractivity contribution in [3.05, 3.63) is 24.3 Å². The molecule has 6 heteroatoms. The van der Waals surface area contributed by atoms with Crippen LogP contribution in [0.1, 0.15) is 33.1 Å². The maximum absolute atomic E-state index is 11.9. The Bertz CT molecular complexity index is 539. The van der Waals surface area contributed by atoms with Crippen molar-refractivity contribution in [3.63, 3.8) is 0 Å². The average Bonchev–Trinajstić information content (AvgIpc) is 2.45. The van der Waals surface area contributed by atoms with Gasteiger partial charge < -0.3 is 10.6 Å². The second kappa shape index (κ2) is 8.67. The lowest BCUT2D eigenvalue weighted by Crippen LogP contribution is -2.25. The summed E-state index contributed by atoms with van der Waals surface area (Å²) >= 11 is 0. The largest absolute Gasteiger partial charge is 0.385 e. The number of carbonyl (C=O) groups is 1. The van der Waals surface area contributed by atoms with Gasteiger partial charge in [-0.1, -0.05) is 13.8 Å². The van der Waals surface area contributed by atoms with Crippen LogP contribution in [0, 0.1) is 0 Å². The molecule has 0 unspecified atom stereocenters. The number of hydrogen-bond acceptors (Lipinski definition) is 4. The van der Waals surface area contributed by atoms with E-state index in [-0.39, 0.29) is 11.7 Å². The molecule has 1 amide bonds. The summed E-state index contributed by atoms with van der Waals surface area (Å²) in [6, 6.07) is 6.66.